The highest BCUT2D eigenvalue weighted by molar-refractivity contribution is 4.76. The van der Waals surface area contributed by atoms with Gasteiger partial charge in [-0.05, 0) is 38.8 Å². The predicted molar refractivity (Wildman–Crippen MR) is 62.0 cm³/mol. The monoisotopic (exact) mass is 215 g/mol. The number of rotatable bonds is 7. The average Bonchev–Trinajstić information content (AvgIpc) is 2.66. The van der Waals surface area contributed by atoms with Crippen LogP contribution in [0.3, 0.4) is 0 Å². The molecule has 2 atom stereocenters. The number of hydrogen-bond acceptors (Lipinski definition) is 3. The lowest BCUT2D eigenvalue weighted by atomic mass is 10.2. The van der Waals surface area contributed by atoms with Crippen molar-refractivity contribution in [3.05, 3.63) is 0 Å². The zero-order valence-electron chi connectivity index (χ0n) is 10.1. The Balaban J connectivity index is 2.25. The summed E-state index contributed by atoms with van der Waals surface area (Å²) in [6.45, 7) is 7.98. The molecule has 1 saturated heterocycles. The summed E-state index contributed by atoms with van der Waals surface area (Å²) in [6.07, 6.45) is 4.98. The van der Waals surface area contributed by atoms with E-state index in [1.54, 1.807) is 0 Å². The zero-order chi connectivity index (χ0) is 11.1. The van der Waals surface area contributed by atoms with Gasteiger partial charge < -0.3 is 14.7 Å². The highest BCUT2D eigenvalue weighted by Gasteiger charge is 2.25. The Kier molecular flexibility index (Phi) is 6.22. The highest BCUT2D eigenvalue weighted by Crippen LogP contribution is 2.20. The van der Waals surface area contributed by atoms with Gasteiger partial charge in [0.25, 0.3) is 0 Å². The first kappa shape index (κ1) is 12.9. The second-order valence-electron chi connectivity index (χ2n) is 4.44. The van der Waals surface area contributed by atoms with E-state index in [1.165, 1.54) is 12.8 Å². The summed E-state index contributed by atoms with van der Waals surface area (Å²) in [5, 5.41) is 8.99. The van der Waals surface area contributed by atoms with E-state index in [0.717, 1.165) is 32.5 Å². The molecule has 1 rings (SSSR count). The van der Waals surface area contributed by atoms with Crippen molar-refractivity contribution < 1.29 is 9.84 Å². The van der Waals surface area contributed by atoms with Gasteiger partial charge in [-0.3, -0.25) is 0 Å². The summed E-state index contributed by atoms with van der Waals surface area (Å²) in [6, 6.07) is 0. The molecule has 0 aromatic heterocycles. The fourth-order valence-corrected chi connectivity index (χ4v) is 2.26. The van der Waals surface area contributed by atoms with Crippen LogP contribution in [-0.4, -0.2) is 48.5 Å². The molecular weight excluding hydrogens is 190 g/mol. The lowest BCUT2D eigenvalue weighted by molar-refractivity contribution is -0.00329. The Morgan fingerprint density at radius 2 is 1.73 bits per heavy atom. The molecule has 1 heterocycles. The van der Waals surface area contributed by atoms with Crippen molar-refractivity contribution >= 4 is 0 Å². The van der Waals surface area contributed by atoms with Crippen molar-refractivity contribution in [2.75, 3.05) is 26.2 Å². The number of ether oxygens (including phenoxy) is 1. The normalized spacial score (nSPS) is 26.4. The Labute approximate surface area is 93.4 Å². The van der Waals surface area contributed by atoms with E-state index >= 15 is 0 Å². The van der Waals surface area contributed by atoms with Gasteiger partial charge in [0.2, 0.25) is 0 Å². The summed E-state index contributed by atoms with van der Waals surface area (Å²) in [7, 11) is 0. The van der Waals surface area contributed by atoms with E-state index in [9.17, 15) is 0 Å². The third-order valence-corrected chi connectivity index (χ3v) is 2.94. The third kappa shape index (κ3) is 4.49. The van der Waals surface area contributed by atoms with Crippen LogP contribution < -0.4 is 0 Å². The van der Waals surface area contributed by atoms with Gasteiger partial charge in [0.05, 0.1) is 18.8 Å². The second kappa shape index (κ2) is 7.20. The van der Waals surface area contributed by atoms with E-state index in [4.69, 9.17) is 9.84 Å². The zero-order valence-corrected chi connectivity index (χ0v) is 10.1. The summed E-state index contributed by atoms with van der Waals surface area (Å²) in [5.41, 5.74) is 0. The van der Waals surface area contributed by atoms with Crippen molar-refractivity contribution in [2.45, 2.75) is 51.7 Å². The first-order valence-corrected chi connectivity index (χ1v) is 6.28. The topological polar surface area (TPSA) is 32.7 Å². The fourth-order valence-electron chi connectivity index (χ4n) is 2.26. The van der Waals surface area contributed by atoms with Gasteiger partial charge in [0.1, 0.15) is 0 Å². The number of aliphatic hydroxyl groups is 1. The van der Waals surface area contributed by atoms with Crippen LogP contribution in [0.1, 0.15) is 39.5 Å². The molecule has 0 bridgehead atoms. The van der Waals surface area contributed by atoms with Crippen LogP contribution in [0.15, 0.2) is 0 Å². The van der Waals surface area contributed by atoms with Gasteiger partial charge in [-0.2, -0.15) is 0 Å². The molecule has 15 heavy (non-hydrogen) atoms. The summed E-state index contributed by atoms with van der Waals surface area (Å²) in [5.74, 6) is 0. The number of aliphatic hydroxyl groups excluding tert-OH is 1. The minimum atomic E-state index is 0.0973. The molecule has 3 nitrogen and oxygen atoms in total. The first-order chi connectivity index (χ1) is 7.30. The van der Waals surface area contributed by atoms with Crippen molar-refractivity contribution in [2.24, 2.45) is 0 Å². The van der Waals surface area contributed by atoms with Crippen LogP contribution in [0.25, 0.3) is 0 Å². The molecule has 0 amide bonds. The lowest BCUT2D eigenvalue weighted by Crippen LogP contribution is -2.34. The molecule has 90 valence electrons. The fraction of sp³-hybridized carbons (Fsp3) is 1.00. The highest BCUT2D eigenvalue weighted by atomic mass is 16.5. The molecule has 0 saturated carbocycles. The largest absolute Gasteiger partial charge is 0.394 e. The van der Waals surface area contributed by atoms with Crippen molar-refractivity contribution in [3.8, 4) is 0 Å². The molecule has 1 aliphatic rings. The molecule has 1 N–H and O–H groups in total. The van der Waals surface area contributed by atoms with Crippen molar-refractivity contribution in [3.63, 3.8) is 0 Å². The molecule has 0 aliphatic carbocycles. The summed E-state index contributed by atoms with van der Waals surface area (Å²) >= 11 is 0. The minimum absolute atomic E-state index is 0.0973. The van der Waals surface area contributed by atoms with E-state index in [2.05, 4.69) is 18.7 Å². The Bertz CT molecular complexity index is 158. The van der Waals surface area contributed by atoms with Crippen LogP contribution in [0, 0.1) is 0 Å². The Morgan fingerprint density at radius 3 is 2.20 bits per heavy atom. The van der Waals surface area contributed by atoms with Crippen LogP contribution in [0.2, 0.25) is 0 Å². The van der Waals surface area contributed by atoms with Crippen LogP contribution in [-0.2, 0) is 4.74 Å². The molecule has 1 fully saturated rings. The Morgan fingerprint density at radius 1 is 1.13 bits per heavy atom. The molecule has 0 aromatic rings. The summed E-state index contributed by atoms with van der Waals surface area (Å²) in [4.78, 5) is 2.48. The molecule has 0 radical (unpaired) electrons. The van der Waals surface area contributed by atoms with Gasteiger partial charge in [-0.15, -0.1) is 0 Å². The molecular formula is C12H25NO2. The minimum Gasteiger partial charge on any atom is -0.394 e. The number of nitrogens with zero attached hydrogens (tertiary/aromatic N) is 1. The number of hydrogen-bond donors (Lipinski definition) is 1. The quantitative estimate of drug-likeness (QED) is 0.701. The van der Waals surface area contributed by atoms with Crippen LogP contribution in [0.5, 0.6) is 0 Å². The van der Waals surface area contributed by atoms with E-state index in [0.29, 0.717) is 6.10 Å². The molecule has 1 aliphatic heterocycles. The maximum Gasteiger partial charge on any atom is 0.0811 e. The molecule has 3 heteroatoms. The Hall–Kier alpha value is -0.120. The van der Waals surface area contributed by atoms with Crippen molar-refractivity contribution in [1.82, 2.24) is 4.90 Å². The van der Waals surface area contributed by atoms with E-state index in [1.807, 2.05) is 0 Å². The van der Waals surface area contributed by atoms with E-state index < -0.39 is 0 Å². The molecule has 0 aromatic carbocycles. The maximum absolute atomic E-state index is 8.99. The summed E-state index contributed by atoms with van der Waals surface area (Å²) < 4.78 is 5.74. The van der Waals surface area contributed by atoms with Crippen molar-refractivity contribution in [1.29, 1.82) is 0 Å². The van der Waals surface area contributed by atoms with Gasteiger partial charge in [0.15, 0.2) is 0 Å². The predicted octanol–water partition coefficient (Wildman–Crippen LogP) is 1.65. The maximum atomic E-state index is 8.99. The standard InChI is InChI=1S/C12H25NO2/c1-3-7-13(8-4-2)9-11-5-6-12(10-14)15-11/h11-12,14H,3-10H2,1-2H3/t11-,12+/m0/s1. The first-order valence-electron chi connectivity index (χ1n) is 6.28. The third-order valence-electron chi connectivity index (χ3n) is 2.94. The van der Waals surface area contributed by atoms with Gasteiger partial charge in [0, 0.05) is 6.54 Å². The second-order valence-corrected chi connectivity index (χ2v) is 4.44. The average molecular weight is 215 g/mol. The van der Waals surface area contributed by atoms with Gasteiger partial charge >= 0.3 is 0 Å². The van der Waals surface area contributed by atoms with Gasteiger partial charge in [-0.25, -0.2) is 0 Å². The van der Waals surface area contributed by atoms with Crippen LogP contribution in [0.4, 0.5) is 0 Å². The van der Waals surface area contributed by atoms with Crippen LogP contribution >= 0.6 is 0 Å². The van der Waals surface area contributed by atoms with Gasteiger partial charge in [-0.1, -0.05) is 13.8 Å². The molecule has 0 unspecified atom stereocenters. The van der Waals surface area contributed by atoms with E-state index in [-0.39, 0.29) is 12.7 Å². The smallest absolute Gasteiger partial charge is 0.0811 e. The lowest BCUT2D eigenvalue weighted by Gasteiger charge is -2.24. The SMILES string of the molecule is CCCN(CCC)C[C@@H]1CC[C@H](CO)O1. The molecule has 0 spiro atoms.